The van der Waals surface area contributed by atoms with Crippen LogP contribution in [0.15, 0.2) is 0 Å². The Morgan fingerprint density at radius 3 is 2.42 bits per heavy atom. The first kappa shape index (κ1) is 17.7. The number of carboxylic acid groups (broad SMARTS) is 1. The molecule has 0 fully saturated rings. The molecule has 0 aromatic rings. The monoisotopic (exact) mass is 276 g/mol. The van der Waals surface area contributed by atoms with Crippen molar-refractivity contribution in [3.8, 4) is 0 Å². The molecule has 0 saturated heterocycles. The highest BCUT2D eigenvalue weighted by Crippen LogP contribution is 2.03. The van der Waals surface area contributed by atoms with Gasteiger partial charge in [-0.15, -0.1) is 0 Å². The van der Waals surface area contributed by atoms with Gasteiger partial charge in [0.2, 0.25) is 0 Å². The molecule has 0 aliphatic carbocycles. The van der Waals surface area contributed by atoms with Gasteiger partial charge in [0.1, 0.15) is 6.04 Å². The van der Waals surface area contributed by atoms with Crippen LogP contribution in [0.4, 0.5) is 4.79 Å². The van der Waals surface area contributed by atoms with E-state index in [1.807, 2.05) is 0 Å². The van der Waals surface area contributed by atoms with Crippen LogP contribution in [0.1, 0.15) is 26.7 Å². The third kappa shape index (κ3) is 6.97. The van der Waals surface area contributed by atoms with Crippen molar-refractivity contribution in [2.24, 2.45) is 0 Å². The van der Waals surface area contributed by atoms with Gasteiger partial charge in [-0.25, -0.2) is 9.59 Å². The smallest absolute Gasteiger partial charge is 0.326 e. The number of amides is 2. The number of carboxylic acids is 1. The number of carbonyl (C=O) groups is 2. The first-order chi connectivity index (χ1) is 8.93. The highest BCUT2D eigenvalue weighted by Gasteiger charge is 2.23. The SMILES string of the molecule is COCCCC(NC(=O)N(CCO)C(C)C)C(=O)O. The largest absolute Gasteiger partial charge is 0.480 e. The Morgan fingerprint density at radius 1 is 1.37 bits per heavy atom. The number of aliphatic hydroxyl groups excluding tert-OH is 1. The fourth-order valence-electron chi connectivity index (χ4n) is 1.62. The zero-order valence-electron chi connectivity index (χ0n) is 11.8. The molecule has 19 heavy (non-hydrogen) atoms. The third-order valence-corrected chi connectivity index (χ3v) is 2.66. The maximum Gasteiger partial charge on any atom is 0.326 e. The fourth-order valence-corrected chi connectivity index (χ4v) is 1.62. The standard InChI is InChI=1S/C12H24N2O5/c1-9(2)14(6-7-15)12(18)13-10(11(16)17)5-4-8-19-3/h9-10,15H,4-8H2,1-3H3,(H,13,18)(H,16,17). The van der Waals surface area contributed by atoms with Crippen molar-refractivity contribution in [1.29, 1.82) is 0 Å². The van der Waals surface area contributed by atoms with Crippen LogP contribution in [0.3, 0.4) is 0 Å². The van der Waals surface area contributed by atoms with Crippen LogP contribution in [0.5, 0.6) is 0 Å². The van der Waals surface area contributed by atoms with Crippen LogP contribution in [0.25, 0.3) is 0 Å². The van der Waals surface area contributed by atoms with Crippen molar-refractivity contribution in [3.05, 3.63) is 0 Å². The Labute approximate surface area is 113 Å². The van der Waals surface area contributed by atoms with Crippen molar-refractivity contribution in [1.82, 2.24) is 10.2 Å². The summed E-state index contributed by atoms with van der Waals surface area (Å²) < 4.78 is 4.85. The Morgan fingerprint density at radius 2 is 2.00 bits per heavy atom. The number of rotatable bonds is 9. The van der Waals surface area contributed by atoms with E-state index >= 15 is 0 Å². The van der Waals surface area contributed by atoms with Crippen LogP contribution in [0.2, 0.25) is 0 Å². The Bertz CT molecular complexity index is 283. The summed E-state index contributed by atoms with van der Waals surface area (Å²) in [5.74, 6) is -1.07. The average molecular weight is 276 g/mol. The quantitative estimate of drug-likeness (QED) is 0.525. The van der Waals surface area contributed by atoms with Crippen molar-refractivity contribution in [2.75, 3.05) is 26.9 Å². The molecule has 2 amide bonds. The molecular weight excluding hydrogens is 252 g/mol. The lowest BCUT2D eigenvalue weighted by molar-refractivity contribution is -0.139. The van der Waals surface area contributed by atoms with Gasteiger partial charge in [0, 0.05) is 26.3 Å². The molecular formula is C12H24N2O5. The lowest BCUT2D eigenvalue weighted by Gasteiger charge is -2.27. The molecule has 1 atom stereocenters. The summed E-state index contributed by atoms with van der Waals surface area (Å²) in [4.78, 5) is 24.4. The summed E-state index contributed by atoms with van der Waals surface area (Å²) in [5, 5.41) is 20.4. The summed E-state index contributed by atoms with van der Waals surface area (Å²) >= 11 is 0. The van der Waals surface area contributed by atoms with Gasteiger partial charge in [0.25, 0.3) is 0 Å². The van der Waals surface area contributed by atoms with Crippen LogP contribution in [-0.2, 0) is 9.53 Å². The number of methoxy groups -OCH3 is 1. The molecule has 0 radical (unpaired) electrons. The Balaban J connectivity index is 4.46. The summed E-state index contributed by atoms with van der Waals surface area (Å²) in [7, 11) is 1.54. The lowest BCUT2D eigenvalue weighted by atomic mass is 10.1. The van der Waals surface area contributed by atoms with E-state index in [4.69, 9.17) is 14.9 Å². The fraction of sp³-hybridized carbons (Fsp3) is 0.833. The molecule has 112 valence electrons. The van der Waals surface area contributed by atoms with Gasteiger partial charge in [0.05, 0.1) is 6.61 Å². The maximum atomic E-state index is 11.9. The van der Waals surface area contributed by atoms with Crippen molar-refractivity contribution >= 4 is 12.0 Å². The normalized spacial score (nSPS) is 12.3. The molecule has 1 unspecified atom stereocenters. The van der Waals surface area contributed by atoms with E-state index in [-0.39, 0.29) is 19.2 Å². The second kappa shape index (κ2) is 9.57. The molecule has 0 heterocycles. The number of nitrogens with one attached hydrogen (secondary N) is 1. The number of hydrogen-bond acceptors (Lipinski definition) is 4. The Kier molecular flexibility index (Phi) is 8.90. The molecule has 0 rings (SSSR count). The minimum atomic E-state index is -1.07. The van der Waals surface area contributed by atoms with E-state index < -0.39 is 18.0 Å². The maximum absolute atomic E-state index is 11.9. The zero-order chi connectivity index (χ0) is 14.8. The topological polar surface area (TPSA) is 99.1 Å². The van der Waals surface area contributed by atoms with E-state index in [2.05, 4.69) is 5.32 Å². The number of aliphatic carboxylic acids is 1. The predicted molar refractivity (Wildman–Crippen MR) is 70.0 cm³/mol. The first-order valence-electron chi connectivity index (χ1n) is 6.33. The van der Waals surface area contributed by atoms with Gasteiger partial charge in [-0.3, -0.25) is 0 Å². The van der Waals surface area contributed by atoms with Crippen LogP contribution >= 0.6 is 0 Å². The zero-order valence-corrected chi connectivity index (χ0v) is 11.8. The number of ether oxygens (including phenoxy) is 1. The van der Waals surface area contributed by atoms with Gasteiger partial charge < -0.3 is 25.2 Å². The molecule has 0 saturated carbocycles. The van der Waals surface area contributed by atoms with Crippen molar-refractivity contribution in [3.63, 3.8) is 0 Å². The minimum Gasteiger partial charge on any atom is -0.480 e. The van der Waals surface area contributed by atoms with Crippen LogP contribution in [0, 0.1) is 0 Å². The van der Waals surface area contributed by atoms with E-state index in [1.54, 1.807) is 13.8 Å². The second-order valence-corrected chi connectivity index (χ2v) is 4.49. The van der Waals surface area contributed by atoms with E-state index in [0.29, 0.717) is 19.4 Å². The van der Waals surface area contributed by atoms with Crippen molar-refractivity contribution < 1.29 is 24.5 Å². The summed E-state index contributed by atoms with van der Waals surface area (Å²) in [5.41, 5.74) is 0. The van der Waals surface area contributed by atoms with Gasteiger partial charge >= 0.3 is 12.0 Å². The number of hydrogen-bond donors (Lipinski definition) is 3. The number of aliphatic hydroxyl groups is 1. The molecule has 0 spiro atoms. The molecule has 0 aliphatic heterocycles. The van der Waals surface area contributed by atoms with E-state index in [1.165, 1.54) is 12.0 Å². The van der Waals surface area contributed by atoms with Crippen LogP contribution < -0.4 is 5.32 Å². The molecule has 0 bridgehead atoms. The number of urea groups is 1. The Hall–Kier alpha value is -1.34. The van der Waals surface area contributed by atoms with Gasteiger partial charge in [-0.1, -0.05) is 0 Å². The first-order valence-corrected chi connectivity index (χ1v) is 6.33. The number of nitrogens with zero attached hydrogens (tertiary/aromatic N) is 1. The van der Waals surface area contributed by atoms with Crippen molar-refractivity contribution in [2.45, 2.75) is 38.8 Å². The van der Waals surface area contributed by atoms with Gasteiger partial charge in [0.15, 0.2) is 0 Å². The van der Waals surface area contributed by atoms with E-state index in [9.17, 15) is 9.59 Å². The third-order valence-electron chi connectivity index (χ3n) is 2.66. The van der Waals surface area contributed by atoms with E-state index in [0.717, 1.165) is 0 Å². The van der Waals surface area contributed by atoms with Gasteiger partial charge in [-0.2, -0.15) is 0 Å². The molecule has 7 nitrogen and oxygen atoms in total. The summed E-state index contributed by atoms with van der Waals surface area (Å²) in [6.07, 6.45) is 0.857. The average Bonchev–Trinajstić information content (AvgIpc) is 2.34. The molecule has 7 heteroatoms. The highest BCUT2D eigenvalue weighted by atomic mass is 16.5. The molecule has 0 aliphatic rings. The lowest BCUT2D eigenvalue weighted by Crippen LogP contribution is -2.51. The minimum absolute atomic E-state index is 0.111. The molecule has 3 N–H and O–H groups in total. The highest BCUT2D eigenvalue weighted by molar-refractivity contribution is 5.82. The summed E-state index contributed by atoms with van der Waals surface area (Å²) in [6.45, 7) is 4.07. The van der Waals surface area contributed by atoms with Gasteiger partial charge in [-0.05, 0) is 26.7 Å². The molecule has 0 aromatic heterocycles. The summed E-state index contributed by atoms with van der Waals surface area (Å²) in [6, 6.07) is -1.53. The number of carbonyl (C=O) groups excluding carboxylic acids is 1. The molecule has 0 aromatic carbocycles. The second-order valence-electron chi connectivity index (χ2n) is 4.49. The van der Waals surface area contributed by atoms with Crippen LogP contribution in [-0.4, -0.2) is 66.1 Å². The predicted octanol–water partition coefficient (Wildman–Crippen LogP) is 0.279.